The minimum Gasteiger partial charge on any atom is -0.210 e. The second-order valence-corrected chi connectivity index (χ2v) is 2.93. The van der Waals surface area contributed by atoms with Crippen LogP contribution in [0.25, 0.3) is 0 Å². The molecule has 0 aromatic rings. The highest BCUT2D eigenvalue weighted by atomic mass is 32.2. The Hall–Kier alpha value is -0.240. The molecule has 0 saturated heterocycles. The Labute approximate surface area is 45.1 Å². The van der Waals surface area contributed by atoms with Crippen molar-refractivity contribution in [3.63, 3.8) is 0 Å². The van der Waals surface area contributed by atoms with Gasteiger partial charge in [0.05, 0.1) is 0 Å². The zero-order valence-electron chi connectivity index (χ0n) is 3.76. The van der Waals surface area contributed by atoms with Crippen molar-refractivity contribution in [2.75, 3.05) is 0 Å². The van der Waals surface area contributed by atoms with Gasteiger partial charge in [0, 0.05) is 0 Å². The molecule has 1 aliphatic rings. The van der Waals surface area contributed by atoms with E-state index in [1.54, 1.807) is 5.41 Å². The molecule has 1 atom stereocenters. The number of rotatable bonds is 0. The summed E-state index contributed by atoms with van der Waals surface area (Å²) in [5.41, 5.74) is 0. The lowest BCUT2D eigenvalue weighted by atomic mass is 10.6. The second kappa shape index (κ2) is 1.70. The van der Waals surface area contributed by atoms with Crippen molar-refractivity contribution in [1.29, 1.82) is 0 Å². The maximum Gasteiger partial charge on any atom is 0.128 e. The van der Waals surface area contributed by atoms with Gasteiger partial charge in [-0.25, -0.2) is 15.3 Å². The highest BCUT2D eigenvalue weighted by Crippen LogP contribution is 2.33. The molecule has 0 aromatic carbocycles. The minimum absolute atomic E-state index is 0.138. The van der Waals surface area contributed by atoms with Crippen molar-refractivity contribution in [3.05, 3.63) is 29.0 Å². The maximum atomic E-state index is 11.9. The third kappa shape index (κ3) is 1.06. The van der Waals surface area contributed by atoms with Gasteiger partial charge in [0.25, 0.3) is 0 Å². The van der Waals surface area contributed by atoms with Gasteiger partial charge < -0.3 is 0 Å². The first kappa shape index (κ1) is 4.91. The predicted molar refractivity (Wildman–Crippen MR) is 32.7 cm³/mol. The fourth-order valence-electron chi connectivity index (χ4n) is 0.411. The van der Waals surface area contributed by atoms with E-state index >= 15 is 0 Å². The topological polar surface area (TPSA) is 0 Å². The van der Waals surface area contributed by atoms with E-state index in [2.05, 4.69) is 6.26 Å². The number of allylic oxidation sites excluding steroid dienone is 2. The number of hydrogen-bond donors (Lipinski definition) is 1. The van der Waals surface area contributed by atoms with Crippen molar-refractivity contribution in [1.82, 2.24) is 0 Å². The Balaban J connectivity index is 2.69. The van der Waals surface area contributed by atoms with Crippen LogP contribution in [0.15, 0.2) is 22.7 Å². The summed E-state index contributed by atoms with van der Waals surface area (Å²) >= 11 is 0. The summed E-state index contributed by atoms with van der Waals surface area (Å²) in [5, 5.41) is 3.32. The third-order valence-corrected chi connectivity index (χ3v) is 1.82. The number of hydrogen-bond acceptors (Lipinski definition) is 0. The van der Waals surface area contributed by atoms with Gasteiger partial charge in [0.1, 0.15) is 5.83 Å². The summed E-state index contributed by atoms with van der Waals surface area (Å²) in [6.45, 7) is 0. The predicted octanol–water partition coefficient (Wildman–Crippen LogP) is 2.12. The molecule has 2 heteroatoms. The van der Waals surface area contributed by atoms with Crippen LogP contribution in [0.3, 0.4) is 0 Å². The number of thiol groups is 1. The standard InChI is InChI=1S/C5H6FS/c1-7-3-2-5(6)4-7/h2-4,7H,1H2. The van der Waals surface area contributed by atoms with Crippen LogP contribution in [-0.2, 0) is 0 Å². The minimum atomic E-state index is -0.472. The molecule has 0 amide bonds. The summed E-state index contributed by atoms with van der Waals surface area (Å²) in [6.07, 6.45) is 5.11. The smallest absolute Gasteiger partial charge is 0.128 e. The fraction of sp³-hybridized carbons (Fsp3) is 0. The molecule has 0 spiro atoms. The van der Waals surface area contributed by atoms with E-state index in [-0.39, 0.29) is 5.83 Å². The van der Waals surface area contributed by atoms with Crippen molar-refractivity contribution in [2.24, 2.45) is 0 Å². The molecular weight excluding hydrogens is 111 g/mol. The van der Waals surface area contributed by atoms with Crippen molar-refractivity contribution >= 4 is 10.9 Å². The van der Waals surface area contributed by atoms with Crippen LogP contribution in [0.4, 0.5) is 4.39 Å². The van der Waals surface area contributed by atoms with Crippen LogP contribution in [0.5, 0.6) is 0 Å². The van der Waals surface area contributed by atoms with Crippen LogP contribution in [0.1, 0.15) is 0 Å². The lowest BCUT2D eigenvalue weighted by Crippen LogP contribution is -1.49. The molecule has 39 valence electrons. The Morgan fingerprint density at radius 1 is 1.71 bits per heavy atom. The highest BCUT2D eigenvalue weighted by molar-refractivity contribution is 8.23. The Bertz CT molecular complexity index is 126. The Kier molecular flexibility index (Phi) is 1.19. The molecular formula is C5H6FS. The lowest BCUT2D eigenvalue weighted by Gasteiger charge is -1.91. The molecule has 0 aliphatic carbocycles. The number of halogens is 1. The second-order valence-electron chi connectivity index (χ2n) is 1.34. The largest absolute Gasteiger partial charge is 0.210 e. The first-order chi connectivity index (χ1) is 3.29. The lowest BCUT2D eigenvalue weighted by molar-refractivity contribution is 0.671. The summed E-state index contributed by atoms with van der Waals surface area (Å²) in [7, 11) is -0.472. The molecule has 1 rings (SSSR count). The van der Waals surface area contributed by atoms with Crippen molar-refractivity contribution in [2.45, 2.75) is 0 Å². The normalized spacial score (nSPS) is 33.4. The van der Waals surface area contributed by atoms with Gasteiger partial charge >= 0.3 is 0 Å². The van der Waals surface area contributed by atoms with Crippen LogP contribution in [0, 0.1) is 6.26 Å². The molecule has 1 aliphatic heterocycles. The average Bonchev–Trinajstić information content (AvgIpc) is 1.87. The van der Waals surface area contributed by atoms with Gasteiger partial charge in [0.15, 0.2) is 0 Å². The third-order valence-electron chi connectivity index (χ3n) is 0.714. The molecule has 0 nitrogen and oxygen atoms in total. The summed E-state index contributed by atoms with van der Waals surface area (Å²) < 4.78 is 11.9. The first-order valence-electron chi connectivity index (χ1n) is 1.93. The van der Waals surface area contributed by atoms with Crippen molar-refractivity contribution in [3.8, 4) is 0 Å². The van der Waals surface area contributed by atoms with E-state index in [0.717, 1.165) is 0 Å². The van der Waals surface area contributed by atoms with E-state index in [4.69, 9.17) is 0 Å². The molecule has 1 heterocycles. The summed E-state index contributed by atoms with van der Waals surface area (Å²) in [4.78, 5) is 0. The first-order valence-corrected chi connectivity index (χ1v) is 3.60. The van der Waals surface area contributed by atoms with Crippen LogP contribution in [0.2, 0.25) is 0 Å². The maximum absolute atomic E-state index is 11.9. The van der Waals surface area contributed by atoms with Gasteiger partial charge in [-0.05, 0) is 23.1 Å². The fourth-order valence-corrected chi connectivity index (χ4v) is 1.23. The van der Waals surface area contributed by atoms with Crippen LogP contribution >= 0.6 is 10.9 Å². The van der Waals surface area contributed by atoms with E-state index in [9.17, 15) is 4.39 Å². The molecule has 7 heavy (non-hydrogen) atoms. The van der Waals surface area contributed by atoms with Gasteiger partial charge in [-0.3, -0.25) is 0 Å². The summed E-state index contributed by atoms with van der Waals surface area (Å²) in [5.74, 6) is -0.138. The monoisotopic (exact) mass is 117 g/mol. The van der Waals surface area contributed by atoms with Crippen molar-refractivity contribution < 1.29 is 4.39 Å². The molecule has 0 bridgehead atoms. The van der Waals surface area contributed by atoms with Crippen LogP contribution < -0.4 is 0 Å². The molecule has 0 aromatic heterocycles. The molecule has 0 N–H and O–H groups in total. The van der Waals surface area contributed by atoms with Gasteiger partial charge in [-0.15, -0.1) is 0 Å². The molecule has 1 unspecified atom stereocenters. The molecule has 1 radical (unpaired) electrons. The van der Waals surface area contributed by atoms with E-state index in [1.807, 2.05) is 0 Å². The van der Waals surface area contributed by atoms with Gasteiger partial charge in [-0.1, -0.05) is 0 Å². The quantitative estimate of drug-likeness (QED) is 0.461. The molecule has 0 fully saturated rings. The zero-order valence-corrected chi connectivity index (χ0v) is 4.66. The average molecular weight is 117 g/mol. The van der Waals surface area contributed by atoms with E-state index in [1.165, 1.54) is 11.5 Å². The zero-order chi connectivity index (χ0) is 5.28. The Morgan fingerprint density at radius 2 is 2.43 bits per heavy atom. The summed E-state index contributed by atoms with van der Waals surface area (Å²) in [6, 6.07) is 0. The Morgan fingerprint density at radius 3 is 2.57 bits per heavy atom. The van der Waals surface area contributed by atoms with Gasteiger partial charge in [-0.2, -0.15) is 0 Å². The van der Waals surface area contributed by atoms with Crippen LogP contribution in [-0.4, -0.2) is 0 Å². The van der Waals surface area contributed by atoms with Gasteiger partial charge in [0.2, 0.25) is 0 Å². The SMILES string of the molecule is [CH2][SH]1C=CC(F)=C1. The van der Waals surface area contributed by atoms with E-state index < -0.39 is 10.9 Å². The highest BCUT2D eigenvalue weighted by Gasteiger charge is 1.96. The molecule has 0 saturated carbocycles. The van der Waals surface area contributed by atoms with E-state index in [0.29, 0.717) is 0 Å².